The van der Waals surface area contributed by atoms with Crippen molar-refractivity contribution in [3.05, 3.63) is 34.6 Å². The average Bonchev–Trinajstić information content (AvgIpc) is 3.13. The lowest BCUT2D eigenvalue weighted by Gasteiger charge is -2.52. The Labute approximate surface area is 163 Å². The van der Waals surface area contributed by atoms with Gasteiger partial charge >= 0.3 is 0 Å². The summed E-state index contributed by atoms with van der Waals surface area (Å²) in [6.45, 7) is 7.40. The van der Waals surface area contributed by atoms with E-state index in [2.05, 4.69) is 52.2 Å². The molecule has 5 rings (SSSR count). The standard InChI is InChI=1S/C20H27BrN4O/c1-18(2,3)17-24-16(25-26-17)20-8-5-19(6-9-20,7-10-20)13-23-14-4-11-22-15(21)12-14/h4,11-12H,5-10,13H2,1-3H3,(H,22,23). The van der Waals surface area contributed by atoms with Gasteiger partial charge in [0.25, 0.3) is 0 Å². The molecule has 0 aromatic carbocycles. The number of aromatic nitrogens is 3. The van der Waals surface area contributed by atoms with Gasteiger partial charge in [0.05, 0.1) is 0 Å². The fourth-order valence-corrected chi connectivity index (χ4v) is 4.77. The molecule has 0 aliphatic heterocycles. The summed E-state index contributed by atoms with van der Waals surface area (Å²) in [5, 5.41) is 8.01. The molecule has 2 aromatic heterocycles. The highest BCUT2D eigenvalue weighted by Crippen LogP contribution is 2.57. The molecule has 0 spiro atoms. The lowest BCUT2D eigenvalue weighted by atomic mass is 9.53. The van der Waals surface area contributed by atoms with Gasteiger partial charge in [-0.15, -0.1) is 0 Å². The van der Waals surface area contributed by atoms with Gasteiger partial charge < -0.3 is 9.84 Å². The van der Waals surface area contributed by atoms with Crippen LogP contribution in [0.5, 0.6) is 0 Å². The molecule has 2 bridgehead atoms. The zero-order chi connectivity index (χ0) is 18.4. The van der Waals surface area contributed by atoms with Crippen LogP contribution in [0.2, 0.25) is 0 Å². The molecule has 0 saturated heterocycles. The van der Waals surface area contributed by atoms with Crippen LogP contribution in [0, 0.1) is 5.41 Å². The number of anilines is 1. The van der Waals surface area contributed by atoms with E-state index in [-0.39, 0.29) is 10.8 Å². The van der Waals surface area contributed by atoms with Crippen molar-refractivity contribution >= 4 is 21.6 Å². The number of fused-ring (bicyclic) bond motifs is 3. The van der Waals surface area contributed by atoms with E-state index in [1.807, 2.05) is 18.3 Å². The zero-order valence-corrected chi connectivity index (χ0v) is 17.4. The van der Waals surface area contributed by atoms with Crippen LogP contribution in [0.1, 0.15) is 71.0 Å². The quantitative estimate of drug-likeness (QED) is 0.688. The van der Waals surface area contributed by atoms with E-state index in [1.54, 1.807) is 0 Å². The van der Waals surface area contributed by atoms with E-state index in [0.29, 0.717) is 5.41 Å². The highest BCUT2D eigenvalue weighted by atomic mass is 79.9. The predicted octanol–water partition coefficient (Wildman–Crippen LogP) is 5.23. The summed E-state index contributed by atoms with van der Waals surface area (Å²) in [7, 11) is 0. The Hall–Kier alpha value is -1.43. The van der Waals surface area contributed by atoms with Crippen LogP contribution in [0.4, 0.5) is 5.69 Å². The van der Waals surface area contributed by atoms with E-state index in [4.69, 9.17) is 9.51 Å². The smallest absolute Gasteiger partial charge is 0.232 e. The molecule has 26 heavy (non-hydrogen) atoms. The maximum Gasteiger partial charge on any atom is 0.232 e. The molecule has 3 aliphatic carbocycles. The van der Waals surface area contributed by atoms with Crippen LogP contribution >= 0.6 is 15.9 Å². The Kier molecular flexibility index (Phi) is 4.37. The summed E-state index contributed by atoms with van der Waals surface area (Å²) in [5.74, 6) is 1.70. The van der Waals surface area contributed by atoms with E-state index >= 15 is 0 Å². The van der Waals surface area contributed by atoms with Gasteiger partial charge in [-0.2, -0.15) is 4.98 Å². The van der Waals surface area contributed by atoms with Crippen LogP contribution in [-0.4, -0.2) is 21.7 Å². The summed E-state index contributed by atoms with van der Waals surface area (Å²) in [4.78, 5) is 8.99. The predicted molar refractivity (Wildman–Crippen MR) is 105 cm³/mol. The second-order valence-corrected chi connectivity index (χ2v) is 9.99. The van der Waals surface area contributed by atoms with Gasteiger partial charge in [0, 0.05) is 29.3 Å². The van der Waals surface area contributed by atoms with Crippen molar-refractivity contribution in [2.45, 2.75) is 70.1 Å². The minimum Gasteiger partial charge on any atom is -0.384 e. The van der Waals surface area contributed by atoms with Crippen LogP contribution in [-0.2, 0) is 10.8 Å². The van der Waals surface area contributed by atoms with Crippen LogP contribution < -0.4 is 5.32 Å². The summed E-state index contributed by atoms with van der Waals surface area (Å²) in [6.07, 6.45) is 9.01. The topological polar surface area (TPSA) is 63.8 Å². The SMILES string of the molecule is CC(C)(C)c1nc(C23CCC(CNc4ccnc(Br)c4)(CC2)CC3)no1. The third-order valence-corrected chi connectivity index (χ3v) is 6.77. The number of rotatable bonds is 4. The number of nitrogens with zero attached hydrogens (tertiary/aromatic N) is 3. The van der Waals surface area contributed by atoms with Gasteiger partial charge in [-0.05, 0) is 72.0 Å². The van der Waals surface area contributed by atoms with Gasteiger partial charge in [0.15, 0.2) is 5.82 Å². The second-order valence-electron chi connectivity index (χ2n) is 9.17. The van der Waals surface area contributed by atoms with Gasteiger partial charge in [-0.25, -0.2) is 4.98 Å². The molecule has 2 aromatic rings. The molecule has 0 amide bonds. The van der Waals surface area contributed by atoms with Gasteiger partial charge in [0.2, 0.25) is 5.89 Å². The zero-order valence-electron chi connectivity index (χ0n) is 15.8. The molecule has 5 nitrogen and oxygen atoms in total. The Morgan fingerprint density at radius 3 is 2.42 bits per heavy atom. The molecule has 6 heteroatoms. The normalized spacial score (nSPS) is 28.3. The number of halogens is 1. The molecular formula is C20H27BrN4O. The lowest BCUT2D eigenvalue weighted by Crippen LogP contribution is -2.47. The molecule has 3 saturated carbocycles. The van der Waals surface area contributed by atoms with Crippen LogP contribution in [0.15, 0.2) is 27.5 Å². The van der Waals surface area contributed by atoms with Gasteiger partial charge in [0.1, 0.15) is 4.60 Å². The first-order valence-electron chi connectivity index (χ1n) is 9.51. The van der Waals surface area contributed by atoms with E-state index in [9.17, 15) is 0 Å². The van der Waals surface area contributed by atoms with E-state index < -0.39 is 0 Å². The molecule has 3 aliphatic rings. The first-order valence-corrected chi connectivity index (χ1v) is 10.3. The Balaban J connectivity index is 1.44. The van der Waals surface area contributed by atoms with Gasteiger partial charge in [-0.1, -0.05) is 25.9 Å². The summed E-state index contributed by atoms with van der Waals surface area (Å²) in [6, 6.07) is 4.07. The Morgan fingerprint density at radius 1 is 1.15 bits per heavy atom. The Morgan fingerprint density at radius 2 is 1.85 bits per heavy atom. The molecule has 140 valence electrons. The van der Waals surface area contributed by atoms with Crippen molar-refractivity contribution in [2.24, 2.45) is 5.41 Å². The highest BCUT2D eigenvalue weighted by molar-refractivity contribution is 9.10. The van der Waals surface area contributed by atoms with Crippen LogP contribution in [0.25, 0.3) is 0 Å². The molecule has 0 atom stereocenters. The van der Waals surface area contributed by atoms with Crippen molar-refractivity contribution in [1.29, 1.82) is 0 Å². The van der Waals surface area contributed by atoms with E-state index in [0.717, 1.165) is 47.8 Å². The summed E-state index contributed by atoms with van der Waals surface area (Å²) in [5.41, 5.74) is 1.58. The minimum absolute atomic E-state index is 0.0856. The van der Waals surface area contributed by atoms with Crippen molar-refractivity contribution in [2.75, 3.05) is 11.9 Å². The first-order chi connectivity index (χ1) is 12.3. The second kappa shape index (κ2) is 6.32. The van der Waals surface area contributed by atoms with Crippen molar-refractivity contribution in [3.63, 3.8) is 0 Å². The number of pyridine rings is 1. The van der Waals surface area contributed by atoms with Crippen molar-refractivity contribution in [1.82, 2.24) is 15.1 Å². The number of hydrogen-bond acceptors (Lipinski definition) is 5. The summed E-state index contributed by atoms with van der Waals surface area (Å²) < 4.78 is 6.46. The molecule has 0 unspecified atom stereocenters. The Bertz CT molecular complexity index is 771. The molecule has 3 fully saturated rings. The summed E-state index contributed by atoms with van der Waals surface area (Å²) >= 11 is 3.44. The van der Waals surface area contributed by atoms with Gasteiger partial charge in [-0.3, -0.25) is 0 Å². The maximum absolute atomic E-state index is 5.58. The van der Waals surface area contributed by atoms with Crippen LogP contribution in [0.3, 0.4) is 0 Å². The highest BCUT2D eigenvalue weighted by Gasteiger charge is 2.51. The third-order valence-electron chi connectivity index (χ3n) is 6.34. The fraction of sp³-hybridized carbons (Fsp3) is 0.650. The molecule has 0 radical (unpaired) electrons. The number of hydrogen-bond donors (Lipinski definition) is 1. The number of nitrogens with one attached hydrogen (secondary N) is 1. The van der Waals surface area contributed by atoms with E-state index in [1.165, 1.54) is 19.3 Å². The lowest BCUT2D eigenvalue weighted by molar-refractivity contribution is 0.0445. The molecular weight excluding hydrogens is 392 g/mol. The minimum atomic E-state index is -0.0856. The largest absolute Gasteiger partial charge is 0.384 e. The first kappa shape index (κ1) is 18.0. The molecule has 1 N–H and O–H groups in total. The average molecular weight is 419 g/mol. The third kappa shape index (κ3) is 3.28. The van der Waals surface area contributed by atoms with Crippen molar-refractivity contribution < 1.29 is 4.52 Å². The fourth-order valence-electron chi connectivity index (χ4n) is 4.41. The maximum atomic E-state index is 5.58. The molecule has 2 heterocycles. The van der Waals surface area contributed by atoms with Crippen molar-refractivity contribution in [3.8, 4) is 0 Å². The monoisotopic (exact) mass is 418 g/mol.